The molecule has 2 atom stereocenters. The van der Waals surface area contributed by atoms with E-state index in [1.165, 1.54) is 9.58 Å². The molecule has 1 aliphatic rings. The highest BCUT2D eigenvalue weighted by atomic mass is 16.3. The minimum absolute atomic E-state index is 0.0117. The number of aliphatic hydroxyl groups excluding tert-OH is 1. The Balaban J connectivity index is 1.87. The lowest BCUT2D eigenvalue weighted by Gasteiger charge is -2.27. The molecular weight excluding hydrogens is 394 g/mol. The van der Waals surface area contributed by atoms with E-state index >= 15 is 0 Å². The molecular formula is C24H25N3O4. The fourth-order valence-corrected chi connectivity index (χ4v) is 4.14. The molecule has 3 aromatic rings. The maximum atomic E-state index is 13.3. The van der Waals surface area contributed by atoms with Gasteiger partial charge < -0.3 is 15.1 Å². The number of benzene rings is 2. The van der Waals surface area contributed by atoms with E-state index in [4.69, 9.17) is 5.11 Å². The second-order valence-corrected chi connectivity index (χ2v) is 7.70. The minimum Gasteiger partial charge on any atom is -0.396 e. The van der Waals surface area contributed by atoms with Crippen LogP contribution in [-0.4, -0.2) is 39.1 Å². The summed E-state index contributed by atoms with van der Waals surface area (Å²) in [6, 6.07) is 12.4. The third-order valence-electron chi connectivity index (χ3n) is 5.79. The molecule has 0 unspecified atom stereocenters. The second-order valence-electron chi connectivity index (χ2n) is 7.70. The van der Waals surface area contributed by atoms with Crippen molar-refractivity contribution in [2.24, 2.45) is 5.92 Å². The Bertz CT molecular complexity index is 1240. The number of hydrogen-bond donors (Lipinski definition) is 3. The highest BCUT2D eigenvalue weighted by molar-refractivity contribution is 6.07. The molecule has 0 aliphatic carbocycles. The highest BCUT2D eigenvalue weighted by Crippen LogP contribution is 2.45. The van der Waals surface area contributed by atoms with Crippen LogP contribution in [0.15, 0.2) is 72.1 Å². The number of hydrogen-bond acceptors (Lipinski definition) is 4. The third kappa shape index (κ3) is 3.22. The van der Waals surface area contributed by atoms with Crippen LogP contribution in [0.1, 0.15) is 18.9 Å². The van der Waals surface area contributed by atoms with Gasteiger partial charge in [-0.05, 0) is 36.8 Å². The van der Waals surface area contributed by atoms with Crippen LogP contribution in [0.4, 0.5) is 5.69 Å². The summed E-state index contributed by atoms with van der Waals surface area (Å²) in [6.45, 7) is 5.72. The summed E-state index contributed by atoms with van der Waals surface area (Å²) in [5.41, 5.74) is 0.246. The van der Waals surface area contributed by atoms with Crippen LogP contribution in [-0.2, 0) is 10.4 Å². The normalized spacial score (nSPS) is 19.3. The number of carbonyl (C=O) groups is 1. The maximum absolute atomic E-state index is 13.3. The van der Waals surface area contributed by atoms with E-state index in [1.54, 1.807) is 55.5 Å². The summed E-state index contributed by atoms with van der Waals surface area (Å²) in [5.74, 6) is -0.987. The zero-order valence-corrected chi connectivity index (χ0v) is 17.3. The number of aromatic nitrogens is 2. The number of carbonyl (C=O) groups excluding carboxylic acids is 1. The first kappa shape index (κ1) is 20.8. The standard InChI is InChI=1S/C24H25N3O4/c1-3-13-26-21-12-11-17(27-22(29)18-9-4-5-10-20(18)25-27)15-19(21)24(31,23(26)30)16(2)8-6-7-14-28/h3-6,8-12,15-16,25,28,31H,1,7,13-14H2,2H3/b8-6+/t16-,24+/m0/s1. The summed E-state index contributed by atoms with van der Waals surface area (Å²) in [5, 5.41) is 24.3. The van der Waals surface area contributed by atoms with E-state index in [0.717, 1.165) is 0 Å². The Kier molecular flexibility index (Phi) is 5.39. The lowest BCUT2D eigenvalue weighted by atomic mass is 9.82. The van der Waals surface area contributed by atoms with Gasteiger partial charge >= 0.3 is 0 Å². The van der Waals surface area contributed by atoms with Crippen molar-refractivity contribution in [2.45, 2.75) is 18.9 Å². The van der Waals surface area contributed by atoms with Gasteiger partial charge in [0.25, 0.3) is 11.5 Å². The van der Waals surface area contributed by atoms with E-state index < -0.39 is 17.4 Å². The van der Waals surface area contributed by atoms with E-state index in [2.05, 4.69) is 11.7 Å². The van der Waals surface area contributed by atoms with Crippen molar-refractivity contribution in [3.8, 4) is 5.69 Å². The number of para-hydroxylation sites is 1. The molecule has 0 fully saturated rings. The van der Waals surface area contributed by atoms with Gasteiger partial charge in [0.15, 0.2) is 5.60 Å². The monoisotopic (exact) mass is 419 g/mol. The van der Waals surface area contributed by atoms with Gasteiger partial charge in [0, 0.05) is 24.6 Å². The average molecular weight is 419 g/mol. The first-order valence-corrected chi connectivity index (χ1v) is 10.2. The molecule has 1 aromatic heterocycles. The number of aromatic amines is 1. The molecule has 0 bridgehead atoms. The van der Waals surface area contributed by atoms with Crippen LogP contribution < -0.4 is 10.5 Å². The van der Waals surface area contributed by atoms with Crippen molar-refractivity contribution in [1.29, 1.82) is 0 Å². The molecule has 1 aliphatic heterocycles. The quantitative estimate of drug-likeness (QED) is 0.513. The van der Waals surface area contributed by atoms with E-state index in [-0.39, 0.29) is 18.7 Å². The molecule has 2 heterocycles. The fourth-order valence-electron chi connectivity index (χ4n) is 4.14. The van der Waals surface area contributed by atoms with Gasteiger partial charge in [-0.15, -0.1) is 6.58 Å². The number of H-pyrrole nitrogens is 1. The Hall–Kier alpha value is -3.42. The largest absolute Gasteiger partial charge is 0.396 e. The summed E-state index contributed by atoms with van der Waals surface area (Å²) in [6.07, 6.45) is 5.52. The van der Waals surface area contributed by atoms with E-state index in [9.17, 15) is 14.7 Å². The predicted molar refractivity (Wildman–Crippen MR) is 120 cm³/mol. The molecule has 0 radical (unpaired) electrons. The Labute approximate surface area is 179 Å². The lowest BCUT2D eigenvalue weighted by Crippen LogP contribution is -2.44. The Morgan fingerprint density at radius 2 is 2.00 bits per heavy atom. The average Bonchev–Trinajstić information content (AvgIpc) is 3.22. The smallest absolute Gasteiger partial charge is 0.279 e. The van der Waals surface area contributed by atoms with Crippen molar-refractivity contribution in [3.05, 3.63) is 83.2 Å². The molecule has 3 N–H and O–H groups in total. The summed E-state index contributed by atoms with van der Waals surface area (Å²) in [4.78, 5) is 27.6. The van der Waals surface area contributed by atoms with Crippen molar-refractivity contribution in [3.63, 3.8) is 0 Å². The Morgan fingerprint density at radius 3 is 2.71 bits per heavy atom. The predicted octanol–water partition coefficient (Wildman–Crippen LogP) is 2.61. The van der Waals surface area contributed by atoms with Gasteiger partial charge in [0.2, 0.25) is 0 Å². The molecule has 0 spiro atoms. The zero-order valence-electron chi connectivity index (χ0n) is 17.3. The molecule has 1 amide bonds. The van der Waals surface area contributed by atoms with Crippen LogP contribution in [0, 0.1) is 5.92 Å². The second kappa shape index (κ2) is 8.02. The third-order valence-corrected chi connectivity index (χ3v) is 5.79. The van der Waals surface area contributed by atoms with Gasteiger partial charge in [-0.25, -0.2) is 4.68 Å². The zero-order chi connectivity index (χ0) is 22.2. The molecule has 2 aromatic carbocycles. The first-order valence-electron chi connectivity index (χ1n) is 10.2. The van der Waals surface area contributed by atoms with Crippen LogP contribution in [0.5, 0.6) is 0 Å². The topological polar surface area (TPSA) is 98.6 Å². The van der Waals surface area contributed by atoms with Crippen molar-refractivity contribution in [2.75, 3.05) is 18.1 Å². The maximum Gasteiger partial charge on any atom is 0.279 e. The summed E-state index contributed by atoms with van der Waals surface area (Å²) in [7, 11) is 0. The number of fused-ring (bicyclic) bond motifs is 2. The van der Waals surface area contributed by atoms with Gasteiger partial charge in [-0.2, -0.15) is 0 Å². The van der Waals surface area contributed by atoms with Gasteiger partial charge in [-0.1, -0.05) is 37.3 Å². The number of aliphatic hydroxyl groups is 2. The lowest BCUT2D eigenvalue weighted by molar-refractivity contribution is -0.139. The molecule has 7 heteroatoms. The SMILES string of the molecule is C=CCN1C(=O)[C@@](O)([C@@H](C)/C=C/CCO)c2cc(-n3[nH]c4ccccc4c3=O)ccc21. The number of nitrogens with zero attached hydrogens (tertiary/aromatic N) is 2. The number of amides is 1. The summed E-state index contributed by atoms with van der Waals surface area (Å²) >= 11 is 0. The molecule has 0 saturated carbocycles. The first-order chi connectivity index (χ1) is 14.9. The number of anilines is 1. The molecule has 4 rings (SSSR count). The van der Waals surface area contributed by atoms with E-state index in [1.807, 2.05) is 12.1 Å². The van der Waals surface area contributed by atoms with Crippen molar-refractivity contribution < 1.29 is 15.0 Å². The minimum atomic E-state index is -1.80. The molecule has 160 valence electrons. The van der Waals surface area contributed by atoms with Crippen LogP contribution >= 0.6 is 0 Å². The Morgan fingerprint density at radius 1 is 1.23 bits per heavy atom. The fraction of sp³-hybridized carbons (Fsp3) is 0.250. The van der Waals surface area contributed by atoms with Crippen molar-refractivity contribution >= 4 is 22.5 Å². The summed E-state index contributed by atoms with van der Waals surface area (Å²) < 4.78 is 1.41. The van der Waals surface area contributed by atoms with Crippen molar-refractivity contribution in [1.82, 2.24) is 9.78 Å². The molecule has 0 saturated heterocycles. The van der Waals surface area contributed by atoms with E-state index in [0.29, 0.717) is 34.3 Å². The molecule has 7 nitrogen and oxygen atoms in total. The van der Waals surface area contributed by atoms with Crippen LogP contribution in [0.2, 0.25) is 0 Å². The van der Waals surface area contributed by atoms with Gasteiger partial charge in [0.1, 0.15) is 0 Å². The molecule has 31 heavy (non-hydrogen) atoms. The number of nitrogens with one attached hydrogen (secondary N) is 1. The van der Waals surface area contributed by atoms with Crippen LogP contribution in [0.3, 0.4) is 0 Å². The van der Waals surface area contributed by atoms with Gasteiger partial charge in [-0.3, -0.25) is 14.7 Å². The number of rotatable bonds is 7. The highest BCUT2D eigenvalue weighted by Gasteiger charge is 2.52. The van der Waals surface area contributed by atoms with Gasteiger partial charge in [0.05, 0.1) is 22.3 Å². The van der Waals surface area contributed by atoms with Crippen LogP contribution in [0.25, 0.3) is 16.6 Å².